The van der Waals surface area contributed by atoms with Gasteiger partial charge in [-0.25, -0.2) is 4.98 Å². The minimum atomic E-state index is -0.417. The molecule has 7 heteroatoms. The summed E-state index contributed by atoms with van der Waals surface area (Å²) < 4.78 is 10.3. The van der Waals surface area contributed by atoms with Crippen LogP contribution >= 0.6 is 11.8 Å². The van der Waals surface area contributed by atoms with Crippen molar-refractivity contribution in [2.75, 3.05) is 38.7 Å². The number of fused-ring (bicyclic) bond motifs is 1. The predicted molar refractivity (Wildman–Crippen MR) is 95.6 cm³/mol. The van der Waals surface area contributed by atoms with Gasteiger partial charge < -0.3 is 14.4 Å². The predicted octanol–water partition coefficient (Wildman–Crippen LogP) is 2.04. The number of hydrogen-bond donors (Lipinski definition) is 0. The molecule has 0 spiro atoms. The highest BCUT2D eigenvalue weighted by atomic mass is 32.2. The maximum absolute atomic E-state index is 11.9. The van der Waals surface area contributed by atoms with Gasteiger partial charge in [0, 0.05) is 18.5 Å². The maximum atomic E-state index is 11.9. The molecule has 0 atom stereocenters. The van der Waals surface area contributed by atoms with Gasteiger partial charge in [-0.15, -0.1) is 0 Å². The van der Waals surface area contributed by atoms with Crippen LogP contribution < -0.4 is 0 Å². The van der Waals surface area contributed by atoms with E-state index < -0.39 is 5.97 Å². The van der Waals surface area contributed by atoms with E-state index in [4.69, 9.17) is 9.47 Å². The minimum Gasteiger partial charge on any atom is -0.455 e. The van der Waals surface area contributed by atoms with Crippen molar-refractivity contribution in [2.45, 2.75) is 11.9 Å². The van der Waals surface area contributed by atoms with E-state index >= 15 is 0 Å². The number of amides is 1. The Kier molecular flexibility index (Phi) is 5.88. The van der Waals surface area contributed by atoms with Crippen LogP contribution in [0.4, 0.5) is 0 Å². The van der Waals surface area contributed by atoms with Crippen molar-refractivity contribution in [3.05, 3.63) is 35.9 Å². The van der Waals surface area contributed by atoms with Gasteiger partial charge in [-0.05, 0) is 24.6 Å². The number of hydrogen-bond acceptors (Lipinski definition) is 6. The molecule has 1 aliphatic heterocycles. The summed E-state index contributed by atoms with van der Waals surface area (Å²) in [7, 11) is 0. The average molecular weight is 360 g/mol. The number of ether oxygens (including phenoxy) is 2. The van der Waals surface area contributed by atoms with Gasteiger partial charge in [-0.1, -0.05) is 30.0 Å². The van der Waals surface area contributed by atoms with Crippen molar-refractivity contribution in [2.24, 2.45) is 0 Å². The number of nitrogens with zero attached hydrogens (tertiary/aromatic N) is 2. The van der Waals surface area contributed by atoms with E-state index in [9.17, 15) is 9.59 Å². The number of rotatable bonds is 5. The van der Waals surface area contributed by atoms with Crippen molar-refractivity contribution in [3.8, 4) is 0 Å². The molecule has 2 aromatic rings. The molecule has 3 rings (SSSR count). The summed E-state index contributed by atoms with van der Waals surface area (Å²) in [6.45, 7) is 3.96. The van der Waals surface area contributed by atoms with Crippen LogP contribution in [-0.4, -0.2) is 60.4 Å². The molecule has 25 heavy (non-hydrogen) atoms. The Hall–Kier alpha value is -2.12. The Morgan fingerprint density at radius 1 is 1.28 bits per heavy atom. The van der Waals surface area contributed by atoms with E-state index in [0.29, 0.717) is 26.3 Å². The molecule has 1 amide bonds. The molecule has 1 aliphatic rings. The summed E-state index contributed by atoms with van der Waals surface area (Å²) in [4.78, 5) is 30.0. The monoisotopic (exact) mass is 360 g/mol. The highest BCUT2D eigenvalue weighted by Crippen LogP contribution is 2.23. The third kappa shape index (κ3) is 4.70. The van der Waals surface area contributed by atoms with Crippen LogP contribution in [-0.2, 0) is 19.1 Å². The summed E-state index contributed by atoms with van der Waals surface area (Å²) in [6.07, 6.45) is 0. The SMILES string of the molecule is Cc1cc(SCC(=O)OCC(=O)N2CCOCC2)nc2ccccc12. The van der Waals surface area contributed by atoms with Gasteiger partial charge >= 0.3 is 5.97 Å². The van der Waals surface area contributed by atoms with E-state index in [2.05, 4.69) is 4.98 Å². The van der Waals surface area contributed by atoms with E-state index in [0.717, 1.165) is 21.5 Å². The smallest absolute Gasteiger partial charge is 0.316 e. The standard InChI is InChI=1S/C18H20N2O4S/c1-13-10-16(19-15-5-3-2-4-14(13)15)25-12-18(22)24-11-17(21)20-6-8-23-9-7-20/h2-5,10H,6-9,11-12H2,1H3. The second-order valence-corrected chi connectivity index (χ2v) is 6.73. The van der Waals surface area contributed by atoms with Crippen molar-refractivity contribution in [1.29, 1.82) is 0 Å². The first-order chi connectivity index (χ1) is 12.1. The Morgan fingerprint density at radius 2 is 2.04 bits per heavy atom. The summed E-state index contributed by atoms with van der Waals surface area (Å²) >= 11 is 1.31. The molecule has 1 aromatic heterocycles. The second kappa shape index (κ2) is 8.31. The molecule has 2 heterocycles. The molecule has 0 N–H and O–H groups in total. The first-order valence-electron chi connectivity index (χ1n) is 8.14. The maximum Gasteiger partial charge on any atom is 0.316 e. The molecule has 132 valence electrons. The molecule has 0 bridgehead atoms. The number of aryl methyl sites for hydroxylation is 1. The molecule has 0 unspecified atom stereocenters. The van der Waals surface area contributed by atoms with E-state index in [1.54, 1.807) is 4.90 Å². The number of carbonyl (C=O) groups is 2. The highest BCUT2D eigenvalue weighted by molar-refractivity contribution is 7.99. The molecule has 1 aromatic carbocycles. The number of carbonyl (C=O) groups excluding carboxylic acids is 2. The van der Waals surface area contributed by atoms with Crippen molar-refractivity contribution >= 4 is 34.5 Å². The van der Waals surface area contributed by atoms with E-state index in [1.165, 1.54) is 11.8 Å². The topological polar surface area (TPSA) is 68.7 Å². The van der Waals surface area contributed by atoms with Crippen LogP contribution in [0.3, 0.4) is 0 Å². The third-order valence-electron chi connectivity index (χ3n) is 3.96. The van der Waals surface area contributed by atoms with Gasteiger partial charge in [0.2, 0.25) is 0 Å². The van der Waals surface area contributed by atoms with Crippen molar-refractivity contribution in [3.63, 3.8) is 0 Å². The lowest BCUT2D eigenvalue weighted by Crippen LogP contribution is -2.42. The van der Waals surface area contributed by atoms with Crippen LogP contribution in [0.15, 0.2) is 35.4 Å². The molecule has 0 radical (unpaired) electrons. The van der Waals surface area contributed by atoms with E-state index in [-0.39, 0.29) is 18.3 Å². The summed E-state index contributed by atoms with van der Waals surface area (Å²) in [6, 6.07) is 9.85. The Morgan fingerprint density at radius 3 is 2.84 bits per heavy atom. The summed E-state index contributed by atoms with van der Waals surface area (Å²) in [5.41, 5.74) is 2.02. The van der Waals surface area contributed by atoms with Gasteiger partial charge in [0.1, 0.15) is 0 Å². The van der Waals surface area contributed by atoms with Gasteiger partial charge in [0.25, 0.3) is 5.91 Å². The lowest BCUT2D eigenvalue weighted by Gasteiger charge is -2.26. The van der Waals surface area contributed by atoms with Crippen molar-refractivity contribution in [1.82, 2.24) is 9.88 Å². The molecular weight excluding hydrogens is 340 g/mol. The number of para-hydroxylation sites is 1. The van der Waals surface area contributed by atoms with Crippen molar-refractivity contribution < 1.29 is 19.1 Å². The van der Waals surface area contributed by atoms with Crippen LogP contribution in [0, 0.1) is 6.92 Å². The van der Waals surface area contributed by atoms with Gasteiger partial charge in [-0.2, -0.15) is 0 Å². The van der Waals surface area contributed by atoms with Crippen LogP contribution in [0.25, 0.3) is 10.9 Å². The van der Waals surface area contributed by atoms with E-state index in [1.807, 2.05) is 37.3 Å². The Bertz CT molecular complexity index is 775. The lowest BCUT2D eigenvalue weighted by molar-refractivity contribution is -0.151. The molecule has 6 nitrogen and oxygen atoms in total. The second-order valence-electron chi connectivity index (χ2n) is 5.74. The largest absolute Gasteiger partial charge is 0.455 e. The lowest BCUT2D eigenvalue weighted by atomic mass is 10.1. The minimum absolute atomic E-state index is 0.126. The zero-order chi connectivity index (χ0) is 17.6. The number of benzene rings is 1. The van der Waals surface area contributed by atoms with Crippen LogP contribution in [0.2, 0.25) is 0 Å². The number of pyridine rings is 1. The first kappa shape index (κ1) is 17.7. The summed E-state index contributed by atoms with van der Waals surface area (Å²) in [5.74, 6) is -0.471. The molecule has 0 aliphatic carbocycles. The van der Waals surface area contributed by atoms with Gasteiger partial charge in [-0.3, -0.25) is 9.59 Å². The quantitative estimate of drug-likeness (QED) is 0.600. The fraction of sp³-hybridized carbons (Fsp3) is 0.389. The van der Waals surface area contributed by atoms with Crippen LogP contribution in [0.1, 0.15) is 5.56 Å². The highest BCUT2D eigenvalue weighted by Gasteiger charge is 2.18. The fourth-order valence-corrected chi connectivity index (χ4v) is 3.39. The number of thioether (sulfide) groups is 1. The molecular formula is C18H20N2O4S. The zero-order valence-electron chi connectivity index (χ0n) is 14.1. The number of morpholine rings is 1. The van der Waals surface area contributed by atoms with Gasteiger partial charge in [0.15, 0.2) is 6.61 Å². The molecule has 0 saturated carbocycles. The fourth-order valence-electron chi connectivity index (χ4n) is 2.61. The Balaban J connectivity index is 1.49. The Labute approximate surface area is 150 Å². The normalized spacial score (nSPS) is 14.5. The number of esters is 1. The summed E-state index contributed by atoms with van der Waals surface area (Å²) in [5, 5.41) is 1.87. The van der Waals surface area contributed by atoms with Gasteiger partial charge in [0.05, 0.1) is 29.5 Å². The average Bonchev–Trinajstić information content (AvgIpc) is 2.65. The molecule has 1 saturated heterocycles. The molecule has 1 fully saturated rings. The number of aromatic nitrogens is 1. The third-order valence-corrected chi connectivity index (χ3v) is 4.84. The zero-order valence-corrected chi connectivity index (χ0v) is 14.9. The first-order valence-corrected chi connectivity index (χ1v) is 9.12. The van der Waals surface area contributed by atoms with Crippen LogP contribution in [0.5, 0.6) is 0 Å².